The highest BCUT2D eigenvalue weighted by Crippen LogP contribution is 2.26. The molecule has 7 nitrogen and oxygen atoms in total. The molecule has 2 N–H and O–H groups in total. The molecule has 28 heavy (non-hydrogen) atoms. The largest absolute Gasteiger partial charge is 0.444 e. The first-order valence-electron chi connectivity index (χ1n) is 9.34. The summed E-state index contributed by atoms with van der Waals surface area (Å²) in [5.41, 5.74) is 2.32. The molecule has 0 bridgehead atoms. The van der Waals surface area contributed by atoms with E-state index >= 15 is 0 Å². The number of benzene rings is 1. The van der Waals surface area contributed by atoms with Crippen LogP contribution in [0.5, 0.6) is 0 Å². The normalized spacial score (nSPS) is 14.4. The van der Waals surface area contributed by atoms with Crippen molar-refractivity contribution in [2.45, 2.75) is 52.2 Å². The van der Waals surface area contributed by atoms with Crippen molar-refractivity contribution in [3.05, 3.63) is 35.5 Å². The van der Waals surface area contributed by atoms with Crippen molar-refractivity contribution in [1.82, 2.24) is 4.90 Å². The zero-order valence-electron chi connectivity index (χ0n) is 16.9. The Morgan fingerprint density at radius 2 is 1.86 bits per heavy atom. The smallest absolute Gasteiger partial charge is 0.410 e. The third kappa shape index (κ3) is 6.21. The van der Waals surface area contributed by atoms with Crippen LogP contribution in [0.15, 0.2) is 30.0 Å². The summed E-state index contributed by atoms with van der Waals surface area (Å²) in [6.07, 6.45) is 2.75. The predicted molar refractivity (Wildman–Crippen MR) is 109 cm³/mol. The third-order valence-corrected chi connectivity index (χ3v) is 4.29. The van der Waals surface area contributed by atoms with Crippen LogP contribution in [-0.4, -0.2) is 35.7 Å². The molecule has 0 aliphatic carbocycles. The van der Waals surface area contributed by atoms with Crippen LogP contribution < -0.4 is 10.6 Å². The zero-order chi connectivity index (χ0) is 20.7. The fraction of sp³-hybridized carbons (Fsp3) is 0.476. The van der Waals surface area contributed by atoms with E-state index in [9.17, 15) is 4.79 Å². The number of hydrogen-bond acceptors (Lipinski definition) is 6. The molecule has 0 atom stereocenters. The Hall–Kier alpha value is -3.19. The molecule has 1 fully saturated rings. The summed E-state index contributed by atoms with van der Waals surface area (Å²) >= 11 is 0. The van der Waals surface area contributed by atoms with Crippen molar-refractivity contribution in [2.24, 2.45) is 0 Å². The van der Waals surface area contributed by atoms with Gasteiger partial charge in [-0.1, -0.05) is 6.07 Å². The number of aryl methyl sites for hydroxylation is 1. The highest BCUT2D eigenvalue weighted by Gasteiger charge is 2.27. The summed E-state index contributed by atoms with van der Waals surface area (Å²) in [5.74, 6) is 0. The van der Waals surface area contributed by atoms with Crippen molar-refractivity contribution in [3.8, 4) is 12.1 Å². The molecule has 1 aromatic carbocycles. The molecule has 0 spiro atoms. The molecule has 0 saturated carbocycles. The lowest BCUT2D eigenvalue weighted by atomic mass is 10.0. The number of amides is 1. The Morgan fingerprint density at radius 3 is 2.43 bits per heavy atom. The number of ether oxygens (including phenoxy) is 1. The van der Waals surface area contributed by atoms with Crippen LogP contribution in [0.4, 0.5) is 16.2 Å². The number of nitriles is 2. The molecule has 1 saturated heterocycles. The molecule has 1 heterocycles. The number of nitrogens with one attached hydrogen (secondary N) is 2. The topological polar surface area (TPSA) is 101 Å². The van der Waals surface area contributed by atoms with Gasteiger partial charge in [-0.05, 0) is 58.2 Å². The lowest BCUT2D eigenvalue weighted by Crippen LogP contribution is -2.44. The minimum Gasteiger partial charge on any atom is -0.444 e. The van der Waals surface area contributed by atoms with Gasteiger partial charge in [0.2, 0.25) is 0 Å². The van der Waals surface area contributed by atoms with E-state index in [1.165, 1.54) is 6.20 Å². The maximum atomic E-state index is 12.2. The molecule has 7 heteroatoms. The number of carbonyl (C=O) groups is 1. The molecule has 2 rings (SSSR count). The van der Waals surface area contributed by atoms with Gasteiger partial charge in [-0.2, -0.15) is 10.5 Å². The summed E-state index contributed by atoms with van der Waals surface area (Å²) in [6.45, 7) is 8.87. The van der Waals surface area contributed by atoms with E-state index < -0.39 is 5.60 Å². The molecule has 1 aromatic rings. The number of carbonyl (C=O) groups excluding carboxylic acids is 1. The number of piperidine rings is 1. The SMILES string of the molecule is Cc1ccc(NC=C(C#N)C#N)c(NC2CCN(C(=O)OC(C)(C)C)CC2)c1. The van der Waals surface area contributed by atoms with Crippen LogP contribution in [0.25, 0.3) is 0 Å². The molecule has 148 valence electrons. The molecular weight excluding hydrogens is 354 g/mol. The van der Waals surface area contributed by atoms with E-state index in [1.807, 2.05) is 58.0 Å². The molecule has 0 aromatic heterocycles. The first-order valence-corrected chi connectivity index (χ1v) is 9.34. The van der Waals surface area contributed by atoms with Crippen LogP contribution in [0, 0.1) is 29.6 Å². The van der Waals surface area contributed by atoms with E-state index in [0.29, 0.717) is 13.1 Å². The average molecular weight is 381 g/mol. The molecule has 1 aliphatic rings. The minimum atomic E-state index is -0.493. The van der Waals surface area contributed by atoms with Crippen molar-refractivity contribution >= 4 is 17.5 Å². The second-order valence-corrected chi connectivity index (χ2v) is 7.86. The van der Waals surface area contributed by atoms with Crippen LogP contribution in [0.3, 0.4) is 0 Å². The summed E-state index contributed by atoms with van der Waals surface area (Å²) in [5, 5.41) is 24.3. The van der Waals surface area contributed by atoms with Gasteiger partial charge in [0, 0.05) is 25.3 Å². The third-order valence-electron chi connectivity index (χ3n) is 4.29. The Bertz CT molecular complexity index is 803. The number of hydrogen-bond donors (Lipinski definition) is 2. The summed E-state index contributed by atoms with van der Waals surface area (Å²) < 4.78 is 5.44. The average Bonchev–Trinajstić information content (AvgIpc) is 2.63. The Morgan fingerprint density at radius 1 is 1.21 bits per heavy atom. The lowest BCUT2D eigenvalue weighted by Gasteiger charge is -2.34. The fourth-order valence-electron chi connectivity index (χ4n) is 2.90. The van der Waals surface area contributed by atoms with Crippen molar-refractivity contribution in [2.75, 3.05) is 23.7 Å². The monoisotopic (exact) mass is 381 g/mol. The van der Waals surface area contributed by atoms with Crippen molar-refractivity contribution < 1.29 is 9.53 Å². The van der Waals surface area contributed by atoms with Crippen LogP contribution >= 0.6 is 0 Å². The van der Waals surface area contributed by atoms with Gasteiger partial charge in [0.1, 0.15) is 23.3 Å². The summed E-state index contributed by atoms with van der Waals surface area (Å²) in [6, 6.07) is 9.78. The van der Waals surface area contributed by atoms with Gasteiger partial charge in [-0.15, -0.1) is 0 Å². The molecular formula is C21H27N5O2. The first-order chi connectivity index (χ1) is 13.2. The highest BCUT2D eigenvalue weighted by atomic mass is 16.6. The van der Waals surface area contributed by atoms with Gasteiger partial charge < -0.3 is 20.3 Å². The second kappa shape index (κ2) is 9.14. The van der Waals surface area contributed by atoms with Crippen LogP contribution in [-0.2, 0) is 4.74 Å². The van der Waals surface area contributed by atoms with Gasteiger partial charge in [0.25, 0.3) is 0 Å². The van der Waals surface area contributed by atoms with Gasteiger partial charge >= 0.3 is 6.09 Å². The Balaban J connectivity index is 2.00. The number of likely N-dealkylation sites (tertiary alicyclic amines) is 1. The predicted octanol–water partition coefficient (Wildman–Crippen LogP) is 4.15. The summed E-state index contributed by atoms with van der Waals surface area (Å²) in [7, 11) is 0. The zero-order valence-corrected chi connectivity index (χ0v) is 16.9. The first kappa shape index (κ1) is 21.1. The number of nitrogens with zero attached hydrogens (tertiary/aromatic N) is 3. The number of anilines is 2. The van der Waals surface area contributed by atoms with E-state index in [0.717, 1.165) is 29.8 Å². The van der Waals surface area contributed by atoms with Crippen LogP contribution in [0.1, 0.15) is 39.2 Å². The van der Waals surface area contributed by atoms with Gasteiger partial charge in [0.05, 0.1) is 11.4 Å². The van der Waals surface area contributed by atoms with E-state index in [1.54, 1.807) is 4.90 Å². The second-order valence-electron chi connectivity index (χ2n) is 7.86. The number of rotatable bonds is 4. The van der Waals surface area contributed by atoms with E-state index in [-0.39, 0.29) is 17.7 Å². The molecule has 0 unspecified atom stereocenters. The Labute approximate surface area is 166 Å². The number of allylic oxidation sites excluding steroid dienone is 1. The highest BCUT2D eigenvalue weighted by molar-refractivity contribution is 5.72. The Kier molecular flexibility index (Phi) is 6.89. The van der Waals surface area contributed by atoms with Gasteiger partial charge in [-0.3, -0.25) is 0 Å². The summed E-state index contributed by atoms with van der Waals surface area (Å²) in [4.78, 5) is 13.9. The maximum Gasteiger partial charge on any atom is 0.410 e. The van der Waals surface area contributed by atoms with Gasteiger partial charge in [-0.25, -0.2) is 4.79 Å². The van der Waals surface area contributed by atoms with Crippen molar-refractivity contribution in [3.63, 3.8) is 0 Å². The van der Waals surface area contributed by atoms with E-state index in [2.05, 4.69) is 10.6 Å². The lowest BCUT2D eigenvalue weighted by molar-refractivity contribution is 0.0210. The van der Waals surface area contributed by atoms with Gasteiger partial charge in [0.15, 0.2) is 0 Å². The molecule has 1 amide bonds. The van der Waals surface area contributed by atoms with Crippen molar-refractivity contribution in [1.29, 1.82) is 10.5 Å². The quantitative estimate of drug-likeness (QED) is 0.760. The van der Waals surface area contributed by atoms with Crippen LogP contribution in [0.2, 0.25) is 0 Å². The fourth-order valence-corrected chi connectivity index (χ4v) is 2.90. The maximum absolute atomic E-state index is 12.2. The molecule has 1 aliphatic heterocycles. The standard InChI is InChI=1S/C21H27N5O2/c1-15-5-6-18(24-14-16(12-22)13-23)19(11-15)25-17-7-9-26(10-8-17)20(27)28-21(2,3)4/h5-6,11,14,17,24-25H,7-10H2,1-4H3. The minimum absolute atomic E-state index is 0.0113. The molecule has 0 radical (unpaired) electrons. The van der Waals surface area contributed by atoms with E-state index in [4.69, 9.17) is 15.3 Å².